The summed E-state index contributed by atoms with van der Waals surface area (Å²) in [5, 5.41) is 9.14. The zero-order valence-electron chi connectivity index (χ0n) is 12.0. The van der Waals surface area contributed by atoms with Gasteiger partial charge in [-0.3, -0.25) is 9.59 Å². The molecule has 1 amide bonds. The Morgan fingerprint density at radius 1 is 1.05 bits per heavy atom. The highest BCUT2D eigenvalue weighted by Crippen LogP contribution is 2.36. The van der Waals surface area contributed by atoms with Crippen molar-refractivity contribution in [3.05, 3.63) is 48.3 Å². The van der Waals surface area contributed by atoms with Gasteiger partial charge in [0.2, 0.25) is 5.91 Å². The largest absolute Gasteiger partial charge is 0.481 e. The van der Waals surface area contributed by atoms with E-state index < -0.39 is 17.8 Å². The van der Waals surface area contributed by atoms with Gasteiger partial charge in [0.1, 0.15) is 11.5 Å². The van der Waals surface area contributed by atoms with Gasteiger partial charge in [0.05, 0.1) is 37.5 Å². The fourth-order valence-corrected chi connectivity index (χ4v) is 2.72. The second kappa shape index (κ2) is 6.09. The molecule has 1 aliphatic rings. The van der Waals surface area contributed by atoms with Crippen molar-refractivity contribution in [2.24, 2.45) is 11.8 Å². The van der Waals surface area contributed by atoms with Crippen LogP contribution < -0.4 is 0 Å². The highest BCUT2D eigenvalue weighted by molar-refractivity contribution is 5.86. The van der Waals surface area contributed by atoms with Crippen molar-refractivity contribution in [1.82, 2.24) is 4.90 Å². The van der Waals surface area contributed by atoms with Crippen LogP contribution in [0.4, 0.5) is 0 Å². The molecule has 0 saturated heterocycles. The Labute approximate surface area is 127 Å². The molecule has 22 heavy (non-hydrogen) atoms. The summed E-state index contributed by atoms with van der Waals surface area (Å²) in [5.74, 6) is -0.783. The van der Waals surface area contributed by atoms with E-state index in [-0.39, 0.29) is 5.91 Å². The van der Waals surface area contributed by atoms with Gasteiger partial charge >= 0.3 is 5.97 Å². The molecule has 1 N–H and O–H groups in total. The highest BCUT2D eigenvalue weighted by Gasteiger charge is 2.43. The third kappa shape index (κ3) is 2.90. The lowest BCUT2D eigenvalue weighted by Gasteiger charge is -2.35. The molecule has 2 heterocycles. The van der Waals surface area contributed by atoms with E-state index >= 15 is 0 Å². The summed E-state index contributed by atoms with van der Waals surface area (Å²) >= 11 is 0. The number of aliphatic carboxylic acids is 1. The molecule has 3 rings (SSSR count). The van der Waals surface area contributed by atoms with Crippen LogP contribution >= 0.6 is 0 Å². The zero-order chi connectivity index (χ0) is 15.5. The van der Waals surface area contributed by atoms with Gasteiger partial charge in [-0.25, -0.2) is 0 Å². The Bertz CT molecular complexity index is 595. The first kappa shape index (κ1) is 14.4. The fourth-order valence-electron chi connectivity index (χ4n) is 2.72. The van der Waals surface area contributed by atoms with Gasteiger partial charge in [-0.1, -0.05) is 0 Å². The maximum atomic E-state index is 12.7. The lowest BCUT2D eigenvalue weighted by Crippen LogP contribution is -2.45. The van der Waals surface area contributed by atoms with Crippen LogP contribution in [0.25, 0.3) is 0 Å². The van der Waals surface area contributed by atoms with Crippen LogP contribution in [-0.4, -0.2) is 21.9 Å². The van der Waals surface area contributed by atoms with Gasteiger partial charge < -0.3 is 18.8 Å². The van der Waals surface area contributed by atoms with Crippen molar-refractivity contribution < 1.29 is 23.5 Å². The van der Waals surface area contributed by atoms with E-state index in [2.05, 4.69) is 0 Å². The molecule has 2 aromatic heterocycles. The molecule has 116 valence electrons. The van der Waals surface area contributed by atoms with Gasteiger partial charge in [-0.15, -0.1) is 0 Å². The summed E-state index contributed by atoms with van der Waals surface area (Å²) in [7, 11) is 0. The quantitative estimate of drug-likeness (QED) is 0.886. The summed E-state index contributed by atoms with van der Waals surface area (Å²) in [5.41, 5.74) is 0. The van der Waals surface area contributed by atoms with Crippen LogP contribution in [-0.2, 0) is 22.7 Å². The van der Waals surface area contributed by atoms with Crippen molar-refractivity contribution in [2.45, 2.75) is 25.9 Å². The first-order valence-corrected chi connectivity index (χ1v) is 7.21. The smallest absolute Gasteiger partial charge is 0.307 e. The predicted molar refractivity (Wildman–Crippen MR) is 75.5 cm³/mol. The molecule has 6 heteroatoms. The number of hydrogen-bond donors (Lipinski definition) is 1. The summed E-state index contributed by atoms with van der Waals surface area (Å²) in [4.78, 5) is 25.4. The Balaban J connectivity index is 1.75. The summed E-state index contributed by atoms with van der Waals surface area (Å²) in [6.45, 7) is 0.602. The highest BCUT2D eigenvalue weighted by atomic mass is 16.4. The van der Waals surface area contributed by atoms with Crippen molar-refractivity contribution in [2.75, 3.05) is 0 Å². The minimum atomic E-state index is -0.902. The van der Waals surface area contributed by atoms with E-state index in [1.807, 2.05) is 0 Å². The Morgan fingerprint density at radius 2 is 1.59 bits per heavy atom. The van der Waals surface area contributed by atoms with E-state index in [0.717, 1.165) is 0 Å². The van der Waals surface area contributed by atoms with Crippen LogP contribution in [0.15, 0.2) is 45.6 Å². The second-order valence-corrected chi connectivity index (χ2v) is 5.48. The maximum absolute atomic E-state index is 12.7. The van der Waals surface area contributed by atoms with Crippen LogP contribution in [0.2, 0.25) is 0 Å². The number of rotatable bonds is 6. The minimum Gasteiger partial charge on any atom is -0.481 e. The van der Waals surface area contributed by atoms with E-state index in [1.165, 1.54) is 0 Å². The van der Waals surface area contributed by atoms with Crippen LogP contribution in [0.1, 0.15) is 24.4 Å². The Morgan fingerprint density at radius 3 is 1.95 bits per heavy atom. The number of carbonyl (C=O) groups excluding carboxylic acids is 1. The first-order valence-electron chi connectivity index (χ1n) is 7.21. The molecule has 2 atom stereocenters. The van der Waals surface area contributed by atoms with E-state index in [4.69, 9.17) is 13.9 Å². The van der Waals surface area contributed by atoms with Gasteiger partial charge in [-0.2, -0.15) is 0 Å². The molecular weight excluding hydrogens is 286 g/mol. The van der Waals surface area contributed by atoms with Gasteiger partial charge in [0, 0.05) is 0 Å². The SMILES string of the molecule is O=C(O)C1CCC1C(=O)N(Cc1ccco1)Cc1ccco1. The van der Waals surface area contributed by atoms with Crippen LogP contribution in [0.5, 0.6) is 0 Å². The van der Waals surface area contributed by atoms with Crippen molar-refractivity contribution in [1.29, 1.82) is 0 Å². The Kier molecular flexibility index (Phi) is 4.00. The summed E-state index contributed by atoms with van der Waals surface area (Å²) in [6, 6.07) is 7.10. The van der Waals surface area contributed by atoms with E-state index in [0.29, 0.717) is 37.5 Å². The predicted octanol–water partition coefficient (Wildman–Crippen LogP) is 2.51. The average Bonchev–Trinajstić information content (AvgIpc) is 3.09. The molecule has 2 unspecified atom stereocenters. The molecule has 1 fully saturated rings. The van der Waals surface area contributed by atoms with Crippen molar-refractivity contribution in [3.63, 3.8) is 0 Å². The van der Waals surface area contributed by atoms with Crippen LogP contribution in [0, 0.1) is 11.8 Å². The molecule has 0 aliphatic heterocycles. The monoisotopic (exact) mass is 303 g/mol. The lowest BCUT2D eigenvalue weighted by atomic mass is 9.73. The molecule has 0 aromatic carbocycles. The van der Waals surface area contributed by atoms with E-state index in [9.17, 15) is 9.59 Å². The third-order valence-corrected chi connectivity index (χ3v) is 4.07. The van der Waals surface area contributed by atoms with Gasteiger partial charge in [0.15, 0.2) is 0 Å². The Hall–Kier alpha value is -2.50. The standard InChI is InChI=1S/C16H17NO5/c18-15(13-5-6-14(13)16(19)20)17(9-11-3-1-7-21-11)10-12-4-2-8-22-12/h1-4,7-8,13-14H,5-6,9-10H2,(H,19,20). The fraction of sp³-hybridized carbons (Fsp3) is 0.375. The molecule has 0 bridgehead atoms. The molecule has 0 radical (unpaired) electrons. The molecule has 1 aliphatic carbocycles. The van der Waals surface area contributed by atoms with Gasteiger partial charge in [-0.05, 0) is 37.1 Å². The topological polar surface area (TPSA) is 83.9 Å². The first-order chi connectivity index (χ1) is 10.6. The lowest BCUT2D eigenvalue weighted by molar-refractivity contribution is -0.157. The summed E-state index contributed by atoms with van der Waals surface area (Å²) < 4.78 is 10.6. The second-order valence-electron chi connectivity index (χ2n) is 5.48. The molecule has 2 aromatic rings. The normalized spacial score (nSPS) is 20.4. The number of nitrogens with zero attached hydrogens (tertiary/aromatic N) is 1. The molecule has 1 saturated carbocycles. The maximum Gasteiger partial charge on any atom is 0.307 e. The third-order valence-electron chi connectivity index (χ3n) is 4.07. The molecule has 6 nitrogen and oxygen atoms in total. The molecular formula is C16H17NO5. The summed E-state index contributed by atoms with van der Waals surface area (Å²) in [6.07, 6.45) is 4.27. The minimum absolute atomic E-state index is 0.161. The number of amides is 1. The van der Waals surface area contributed by atoms with Crippen molar-refractivity contribution >= 4 is 11.9 Å². The van der Waals surface area contributed by atoms with Gasteiger partial charge in [0.25, 0.3) is 0 Å². The number of carboxylic acids is 1. The van der Waals surface area contributed by atoms with Crippen molar-refractivity contribution in [3.8, 4) is 0 Å². The number of hydrogen-bond acceptors (Lipinski definition) is 4. The average molecular weight is 303 g/mol. The van der Waals surface area contributed by atoms with E-state index in [1.54, 1.807) is 41.7 Å². The molecule has 0 spiro atoms. The zero-order valence-corrected chi connectivity index (χ0v) is 12.0. The number of carbonyl (C=O) groups is 2. The number of carboxylic acid groups (broad SMARTS) is 1. The van der Waals surface area contributed by atoms with Crippen LogP contribution in [0.3, 0.4) is 0 Å². The number of furan rings is 2.